The van der Waals surface area contributed by atoms with E-state index < -0.39 is 0 Å². The molecule has 0 aliphatic carbocycles. The van der Waals surface area contributed by atoms with Crippen molar-refractivity contribution in [1.82, 2.24) is 9.13 Å². The second-order valence-corrected chi connectivity index (χ2v) is 5.00. The zero-order valence-corrected chi connectivity index (χ0v) is 12.2. The van der Waals surface area contributed by atoms with E-state index in [1.165, 1.54) is 0 Å². The normalized spacial score (nSPS) is 10.5. The number of aromatic nitrogens is 2. The van der Waals surface area contributed by atoms with Gasteiger partial charge in [0.25, 0.3) is 5.56 Å². The van der Waals surface area contributed by atoms with Crippen LogP contribution in [0.4, 0.5) is 0 Å². The van der Waals surface area contributed by atoms with Crippen molar-refractivity contribution in [3.8, 4) is 11.8 Å². The molecule has 0 radical (unpaired) electrons. The number of pyridine rings is 1. The number of para-hydroxylation sites is 1. The highest BCUT2D eigenvalue weighted by atomic mass is 16.5. The average Bonchev–Trinajstić information content (AvgIpc) is 2.92. The predicted molar refractivity (Wildman–Crippen MR) is 83.8 cm³/mol. The van der Waals surface area contributed by atoms with E-state index in [0.717, 1.165) is 5.39 Å². The Labute approximate surface area is 127 Å². The number of nitrogens with zero attached hydrogens (tertiary/aromatic N) is 3. The van der Waals surface area contributed by atoms with Gasteiger partial charge in [-0.15, -0.1) is 0 Å². The third-order valence-corrected chi connectivity index (χ3v) is 3.60. The van der Waals surface area contributed by atoms with Crippen LogP contribution in [0.1, 0.15) is 5.56 Å². The Hall–Kier alpha value is -3.00. The van der Waals surface area contributed by atoms with Crippen molar-refractivity contribution in [3.05, 3.63) is 64.7 Å². The molecule has 0 atom stereocenters. The molecule has 0 aliphatic rings. The van der Waals surface area contributed by atoms with Crippen molar-refractivity contribution in [2.24, 2.45) is 7.05 Å². The molecule has 2 aromatic heterocycles. The van der Waals surface area contributed by atoms with Crippen LogP contribution in [-0.4, -0.2) is 15.7 Å². The molecule has 0 saturated carbocycles. The maximum atomic E-state index is 12.4. The fourth-order valence-corrected chi connectivity index (χ4v) is 2.45. The minimum absolute atomic E-state index is 0.0397. The van der Waals surface area contributed by atoms with Gasteiger partial charge in [0.05, 0.1) is 12.1 Å². The van der Waals surface area contributed by atoms with E-state index >= 15 is 0 Å². The van der Waals surface area contributed by atoms with E-state index in [9.17, 15) is 4.79 Å². The number of nitriles is 1. The van der Waals surface area contributed by atoms with Crippen LogP contribution in [0.3, 0.4) is 0 Å². The fraction of sp³-hybridized carbons (Fsp3) is 0.176. The van der Waals surface area contributed by atoms with Crippen LogP contribution in [0.15, 0.2) is 53.6 Å². The monoisotopic (exact) mass is 293 g/mol. The van der Waals surface area contributed by atoms with Crippen LogP contribution in [0.2, 0.25) is 0 Å². The summed E-state index contributed by atoms with van der Waals surface area (Å²) in [6, 6.07) is 13.0. The minimum atomic E-state index is -0.0397. The first-order chi connectivity index (χ1) is 10.7. The second kappa shape index (κ2) is 5.78. The van der Waals surface area contributed by atoms with Crippen LogP contribution in [0.5, 0.6) is 5.75 Å². The molecule has 0 spiro atoms. The highest BCUT2D eigenvalue weighted by molar-refractivity contribution is 5.78. The molecule has 0 bridgehead atoms. The van der Waals surface area contributed by atoms with Crippen LogP contribution >= 0.6 is 0 Å². The molecule has 1 aromatic carbocycles. The highest BCUT2D eigenvalue weighted by Gasteiger charge is 2.07. The van der Waals surface area contributed by atoms with Gasteiger partial charge in [-0.3, -0.25) is 4.79 Å². The third kappa shape index (κ3) is 2.47. The SMILES string of the molecule is Cn1ccc2ccn(CCOc3ccccc3C#N)c(=O)c21. The van der Waals surface area contributed by atoms with Gasteiger partial charge < -0.3 is 13.9 Å². The van der Waals surface area contributed by atoms with Gasteiger partial charge in [0.1, 0.15) is 23.9 Å². The van der Waals surface area contributed by atoms with E-state index in [4.69, 9.17) is 10.00 Å². The number of rotatable bonds is 4. The summed E-state index contributed by atoms with van der Waals surface area (Å²) in [6.07, 6.45) is 3.64. The lowest BCUT2D eigenvalue weighted by atomic mass is 10.2. The minimum Gasteiger partial charge on any atom is -0.490 e. The van der Waals surface area contributed by atoms with Gasteiger partial charge in [0.15, 0.2) is 0 Å². The number of benzene rings is 1. The summed E-state index contributed by atoms with van der Waals surface area (Å²) in [5, 5.41) is 9.95. The molecule has 0 fully saturated rings. The largest absolute Gasteiger partial charge is 0.490 e. The molecule has 3 rings (SSSR count). The highest BCUT2D eigenvalue weighted by Crippen LogP contribution is 2.16. The smallest absolute Gasteiger partial charge is 0.275 e. The Bertz CT molecular complexity index is 916. The number of aryl methyl sites for hydroxylation is 1. The Balaban J connectivity index is 1.77. The maximum Gasteiger partial charge on any atom is 0.275 e. The lowest BCUT2D eigenvalue weighted by Crippen LogP contribution is -2.23. The summed E-state index contributed by atoms with van der Waals surface area (Å²) in [5.41, 5.74) is 1.13. The zero-order chi connectivity index (χ0) is 15.5. The van der Waals surface area contributed by atoms with E-state index in [2.05, 4.69) is 6.07 Å². The summed E-state index contributed by atoms with van der Waals surface area (Å²) >= 11 is 0. The van der Waals surface area contributed by atoms with Gasteiger partial charge in [-0.25, -0.2) is 0 Å². The van der Waals surface area contributed by atoms with Gasteiger partial charge >= 0.3 is 0 Å². The molecular formula is C17H15N3O2. The summed E-state index contributed by atoms with van der Waals surface area (Å²) in [4.78, 5) is 12.4. The number of fused-ring (bicyclic) bond motifs is 1. The van der Waals surface area contributed by atoms with Crippen LogP contribution in [0.25, 0.3) is 10.9 Å². The fourth-order valence-electron chi connectivity index (χ4n) is 2.45. The average molecular weight is 293 g/mol. The first kappa shape index (κ1) is 14.0. The number of hydrogen-bond donors (Lipinski definition) is 0. The second-order valence-electron chi connectivity index (χ2n) is 5.00. The first-order valence-electron chi connectivity index (χ1n) is 6.97. The zero-order valence-electron chi connectivity index (χ0n) is 12.2. The Morgan fingerprint density at radius 2 is 1.95 bits per heavy atom. The first-order valence-corrected chi connectivity index (χ1v) is 6.97. The topological polar surface area (TPSA) is 59.9 Å². The Kier molecular flexibility index (Phi) is 3.67. The molecular weight excluding hydrogens is 278 g/mol. The van der Waals surface area contributed by atoms with Crippen molar-refractivity contribution in [1.29, 1.82) is 5.26 Å². The van der Waals surface area contributed by atoms with Gasteiger partial charge in [0, 0.05) is 24.8 Å². The molecule has 2 heterocycles. The lowest BCUT2D eigenvalue weighted by molar-refractivity contribution is 0.296. The van der Waals surface area contributed by atoms with Gasteiger partial charge in [-0.2, -0.15) is 5.26 Å². The maximum absolute atomic E-state index is 12.4. The van der Waals surface area contributed by atoms with Crippen molar-refractivity contribution >= 4 is 10.9 Å². The standard InChI is InChI=1S/C17H15N3O2/c1-19-8-6-13-7-9-20(17(21)16(13)19)10-11-22-15-5-3-2-4-14(15)12-18/h2-9H,10-11H2,1H3. The Morgan fingerprint density at radius 1 is 1.18 bits per heavy atom. The number of hydrogen-bond acceptors (Lipinski definition) is 3. The van der Waals surface area contributed by atoms with E-state index in [0.29, 0.717) is 30.0 Å². The summed E-state index contributed by atoms with van der Waals surface area (Å²) in [6.45, 7) is 0.758. The van der Waals surface area contributed by atoms with E-state index in [-0.39, 0.29) is 5.56 Å². The van der Waals surface area contributed by atoms with Gasteiger partial charge in [-0.1, -0.05) is 12.1 Å². The molecule has 0 amide bonds. The summed E-state index contributed by atoms with van der Waals surface area (Å²) in [7, 11) is 1.85. The van der Waals surface area contributed by atoms with Crippen molar-refractivity contribution < 1.29 is 4.74 Å². The van der Waals surface area contributed by atoms with Crippen LogP contribution in [0, 0.1) is 11.3 Å². The molecule has 0 aliphatic heterocycles. The van der Waals surface area contributed by atoms with Crippen molar-refractivity contribution in [3.63, 3.8) is 0 Å². The molecule has 0 N–H and O–H groups in total. The van der Waals surface area contributed by atoms with Crippen LogP contribution < -0.4 is 10.3 Å². The molecule has 5 heteroatoms. The summed E-state index contributed by atoms with van der Waals surface area (Å²) < 4.78 is 9.06. The molecule has 3 aromatic rings. The van der Waals surface area contributed by atoms with Crippen molar-refractivity contribution in [2.75, 3.05) is 6.61 Å². The molecule has 0 saturated heterocycles. The predicted octanol–water partition coefficient (Wildman–Crippen LogP) is 2.29. The third-order valence-electron chi connectivity index (χ3n) is 3.60. The number of ether oxygens (including phenoxy) is 1. The Morgan fingerprint density at radius 3 is 2.77 bits per heavy atom. The van der Waals surface area contributed by atoms with Crippen molar-refractivity contribution in [2.45, 2.75) is 6.54 Å². The lowest BCUT2D eigenvalue weighted by Gasteiger charge is -2.09. The molecule has 0 unspecified atom stereocenters. The van der Waals surface area contributed by atoms with E-state index in [1.54, 1.807) is 29.0 Å². The van der Waals surface area contributed by atoms with Crippen LogP contribution in [-0.2, 0) is 13.6 Å². The molecule has 5 nitrogen and oxygen atoms in total. The van der Waals surface area contributed by atoms with Gasteiger partial charge in [-0.05, 0) is 24.3 Å². The molecule has 110 valence electrons. The van der Waals surface area contributed by atoms with Gasteiger partial charge in [0.2, 0.25) is 0 Å². The quantitative estimate of drug-likeness (QED) is 0.741. The van der Waals surface area contributed by atoms with E-state index in [1.807, 2.05) is 36.0 Å². The molecule has 22 heavy (non-hydrogen) atoms. The summed E-state index contributed by atoms with van der Waals surface area (Å²) in [5.74, 6) is 0.540.